The predicted octanol–water partition coefficient (Wildman–Crippen LogP) is 17.6. The van der Waals surface area contributed by atoms with E-state index in [-0.39, 0.29) is 0 Å². The van der Waals surface area contributed by atoms with Gasteiger partial charge in [-0.3, -0.25) is 0 Å². The summed E-state index contributed by atoms with van der Waals surface area (Å²) in [5.41, 5.74) is 13.6. The van der Waals surface area contributed by atoms with Crippen molar-refractivity contribution in [1.29, 1.82) is 0 Å². The van der Waals surface area contributed by atoms with Gasteiger partial charge < -0.3 is 4.90 Å². The van der Waals surface area contributed by atoms with E-state index in [2.05, 4.69) is 248 Å². The van der Waals surface area contributed by atoms with Gasteiger partial charge in [0.2, 0.25) is 0 Å². The fourth-order valence-electron chi connectivity index (χ4n) is 10.4. The lowest BCUT2D eigenvalue weighted by molar-refractivity contribution is 0.715. The quantitative estimate of drug-likeness (QED) is 0.145. The summed E-state index contributed by atoms with van der Waals surface area (Å²) in [6, 6.07) is 82.7. The average molecular weight is 816 g/mol. The van der Waals surface area contributed by atoms with E-state index in [9.17, 15) is 0 Å². The standard InChI is InChI=1S/C63H45N/c1-42-41-50(37-40-51(42)46-27-29-47(30-28-46)53-21-10-16-43-13-2-5-17-52(43)53)64(49-35-31-48(32-36-49)56-22-11-23-57-54-18-6-3-14-44(54)33-38-60(56)57)63-26-9-8-20-62(63)59-25-12-24-58-55-19-7-4-15-45(55)34-39-61(58)59/h2-40,42H,41H2,1H3. The smallest absolute Gasteiger partial charge is 0.0537 e. The number of hydrogen-bond acceptors (Lipinski definition) is 1. The zero-order chi connectivity index (χ0) is 42.6. The van der Waals surface area contributed by atoms with Gasteiger partial charge in [-0.15, -0.1) is 0 Å². The molecule has 0 spiro atoms. The van der Waals surface area contributed by atoms with E-state index in [1.165, 1.54) is 110 Å². The lowest BCUT2D eigenvalue weighted by Crippen LogP contribution is -2.21. The van der Waals surface area contributed by atoms with Crippen molar-refractivity contribution in [3.8, 4) is 33.4 Å². The molecule has 1 aliphatic rings. The number of fused-ring (bicyclic) bond motifs is 7. The summed E-state index contributed by atoms with van der Waals surface area (Å²) in [5.74, 6) is 0.298. The van der Waals surface area contributed by atoms with Crippen molar-refractivity contribution in [3.05, 3.63) is 248 Å². The van der Waals surface area contributed by atoms with Crippen molar-refractivity contribution in [1.82, 2.24) is 0 Å². The Hall–Kier alpha value is -8.00. The lowest BCUT2D eigenvalue weighted by Gasteiger charge is -2.34. The molecule has 11 aromatic carbocycles. The molecule has 1 unspecified atom stereocenters. The molecule has 0 saturated carbocycles. The Labute approximate surface area is 374 Å². The third kappa shape index (κ3) is 6.48. The summed E-state index contributed by atoms with van der Waals surface area (Å²) in [5, 5.41) is 12.7. The number of para-hydroxylation sites is 1. The number of rotatable bonds is 7. The number of anilines is 2. The van der Waals surface area contributed by atoms with Crippen LogP contribution in [0.15, 0.2) is 242 Å². The molecule has 0 aromatic heterocycles. The second-order valence-electron chi connectivity index (χ2n) is 17.3. The maximum absolute atomic E-state index is 2.52. The Bertz CT molecular complexity index is 3640. The summed E-state index contributed by atoms with van der Waals surface area (Å²) < 4.78 is 0. The predicted molar refractivity (Wildman–Crippen MR) is 275 cm³/mol. The van der Waals surface area contributed by atoms with E-state index >= 15 is 0 Å². The van der Waals surface area contributed by atoms with Crippen LogP contribution in [-0.2, 0) is 0 Å². The van der Waals surface area contributed by atoms with Crippen LogP contribution in [-0.4, -0.2) is 0 Å². The molecule has 302 valence electrons. The first-order valence-electron chi connectivity index (χ1n) is 22.5. The van der Waals surface area contributed by atoms with Gasteiger partial charge in [0.25, 0.3) is 0 Å². The molecule has 0 fully saturated rings. The minimum absolute atomic E-state index is 0.298. The third-order valence-corrected chi connectivity index (χ3v) is 13.6. The molecular formula is C63H45N. The summed E-state index contributed by atoms with van der Waals surface area (Å²) in [6.45, 7) is 2.38. The van der Waals surface area contributed by atoms with Gasteiger partial charge in [-0.1, -0.05) is 219 Å². The van der Waals surface area contributed by atoms with Gasteiger partial charge in [-0.05, 0) is 129 Å². The molecule has 0 aliphatic heterocycles. The molecule has 1 nitrogen and oxygen atoms in total. The highest BCUT2D eigenvalue weighted by Gasteiger charge is 2.25. The van der Waals surface area contributed by atoms with E-state index in [1.54, 1.807) is 0 Å². The van der Waals surface area contributed by atoms with E-state index < -0.39 is 0 Å². The normalized spacial score (nSPS) is 14.0. The van der Waals surface area contributed by atoms with E-state index in [0.29, 0.717) is 5.92 Å². The highest BCUT2D eigenvalue weighted by atomic mass is 15.2. The van der Waals surface area contributed by atoms with Crippen LogP contribution in [0.4, 0.5) is 11.4 Å². The molecule has 0 radical (unpaired) electrons. The fraction of sp³-hybridized carbons (Fsp3) is 0.0476. The molecule has 11 aromatic rings. The summed E-state index contributed by atoms with van der Waals surface area (Å²) in [4.78, 5) is 2.52. The Balaban J connectivity index is 0.976. The first kappa shape index (κ1) is 37.7. The Morgan fingerprint density at radius 1 is 0.328 bits per heavy atom. The van der Waals surface area contributed by atoms with Crippen LogP contribution < -0.4 is 4.90 Å². The maximum Gasteiger partial charge on any atom is 0.0537 e. The van der Waals surface area contributed by atoms with Gasteiger partial charge in [0.05, 0.1) is 5.69 Å². The average Bonchev–Trinajstić information content (AvgIpc) is 3.36. The largest absolute Gasteiger partial charge is 0.314 e. The molecule has 0 bridgehead atoms. The lowest BCUT2D eigenvalue weighted by atomic mass is 9.85. The van der Waals surface area contributed by atoms with Gasteiger partial charge in [0, 0.05) is 16.9 Å². The van der Waals surface area contributed by atoms with Crippen molar-refractivity contribution < 1.29 is 0 Å². The van der Waals surface area contributed by atoms with E-state index in [0.717, 1.165) is 12.1 Å². The maximum atomic E-state index is 2.52. The SMILES string of the molecule is CC1CC(N(c2ccc(-c3cccc4c3ccc3ccccc34)cc2)c2ccccc2-c2cccc3c2ccc2ccccc23)=CC=C1c1ccc(-c2cccc3ccccc23)cc1. The van der Waals surface area contributed by atoms with Crippen molar-refractivity contribution in [2.75, 3.05) is 4.90 Å². The van der Waals surface area contributed by atoms with Crippen LogP contribution in [0.1, 0.15) is 18.9 Å². The van der Waals surface area contributed by atoms with Gasteiger partial charge in [-0.2, -0.15) is 0 Å². The van der Waals surface area contributed by atoms with Crippen molar-refractivity contribution in [3.63, 3.8) is 0 Å². The monoisotopic (exact) mass is 815 g/mol. The second kappa shape index (κ2) is 15.7. The Morgan fingerprint density at radius 2 is 0.781 bits per heavy atom. The molecule has 64 heavy (non-hydrogen) atoms. The van der Waals surface area contributed by atoms with Crippen LogP contribution in [0, 0.1) is 5.92 Å². The van der Waals surface area contributed by atoms with Gasteiger partial charge >= 0.3 is 0 Å². The van der Waals surface area contributed by atoms with Crippen molar-refractivity contribution in [2.24, 2.45) is 5.92 Å². The van der Waals surface area contributed by atoms with Gasteiger partial charge in [-0.25, -0.2) is 0 Å². The van der Waals surface area contributed by atoms with Gasteiger partial charge in [0.15, 0.2) is 0 Å². The molecular weight excluding hydrogens is 771 g/mol. The first-order valence-corrected chi connectivity index (χ1v) is 22.5. The summed E-state index contributed by atoms with van der Waals surface area (Å²) in [6.07, 6.45) is 5.62. The minimum atomic E-state index is 0.298. The Kier molecular flexibility index (Phi) is 9.27. The van der Waals surface area contributed by atoms with Crippen LogP contribution in [0.25, 0.3) is 92.8 Å². The minimum Gasteiger partial charge on any atom is -0.314 e. The van der Waals surface area contributed by atoms with Crippen molar-refractivity contribution in [2.45, 2.75) is 13.3 Å². The van der Waals surface area contributed by atoms with Crippen molar-refractivity contribution >= 4 is 70.8 Å². The molecule has 0 heterocycles. The number of nitrogens with zero attached hydrogens (tertiary/aromatic N) is 1. The second-order valence-corrected chi connectivity index (χ2v) is 17.3. The number of benzene rings is 11. The zero-order valence-corrected chi connectivity index (χ0v) is 35.7. The zero-order valence-electron chi connectivity index (χ0n) is 35.7. The van der Waals surface area contributed by atoms with Crippen LogP contribution in [0.5, 0.6) is 0 Å². The third-order valence-electron chi connectivity index (χ3n) is 13.6. The molecule has 0 saturated heterocycles. The molecule has 0 amide bonds. The molecule has 1 heteroatoms. The Morgan fingerprint density at radius 3 is 1.44 bits per heavy atom. The summed E-state index contributed by atoms with van der Waals surface area (Å²) in [7, 11) is 0. The molecule has 1 atom stereocenters. The topological polar surface area (TPSA) is 3.24 Å². The van der Waals surface area contributed by atoms with Crippen LogP contribution in [0.2, 0.25) is 0 Å². The van der Waals surface area contributed by atoms with Gasteiger partial charge in [0.1, 0.15) is 0 Å². The highest BCUT2D eigenvalue weighted by Crippen LogP contribution is 2.45. The van der Waals surface area contributed by atoms with E-state index in [4.69, 9.17) is 0 Å². The van der Waals surface area contributed by atoms with Crippen LogP contribution >= 0.6 is 0 Å². The molecule has 1 aliphatic carbocycles. The fourth-order valence-corrected chi connectivity index (χ4v) is 10.4. The summed E-state index contributed by atoms with van der Waals surface area (Å²) >= 11 is 0. The van der Waals surface area contributed by atoms with E-state index in [1.807, 2.05) is 0 Å². The van der Waals surface area contributed by atoms with Crippen LogP contribution in [0.3, 0.4) is 0 Å². The number of hydrogen-bond donors (Lipinski definition) is 0. The molecule has 0 N–H and O–H groups in total. The molecule has 12 rings (SSSR count). The highest BCUT2D eigenvalue weighted by molar-refractivity contribution is 6.14. The first-order chi connectivity index (χ1) is 31.7. The number of allylic oxidation sites excluding steroid dienone is 4.